The minimum absolute atomic E-state index is 0.0234. The van der Waals surface area contributed by atoms with Gasteiger partial charge in [-0.3, -0.25) is 4.79 Å². The molecule has 90 valence electrons. The van der Waals surface area contributed by atoms with Crippen LogP contribution in [0.25, 0.3) is 0 Å². The highest BCUT2D eigenvalue weighted by Crippen LogP contribution is 2.75. The summed E-state index contributed by atoms with van der Waals surface area (Å²) in [6.07, 6.45) is 3.56. The van der Waals surface area contributed by atoms with E-state index in [1.54, 1.807) is 0 Å². The Hall–Kier alpha value is -0.570. The van der Waals surface area contributed by atoms with Crippen molar-refractivity contribution in [2.75, 3.05) is 0 Å². The molecule has 4 aliphatic rings. The molecule has 0 amide bonds. The molecule has 4 bridgehead atoms. The Morgan fingerprint density at radius 2 is 2.00 bits per heavy atom. The summed E-state index contributed by atoms with van der Waals surface area (Å²) in [4.78, 5) is 12.3. The van der Waals surface area contributed by atoms with Crippen LogP contribution in [0.15, 0.2) is 0 Å². The summed E-state index contributed by atoms with van der Waals surface area (Å²) in [7, 11) is 0. The maximum Gasteiger partial charge on any atom is 0.314 e. The molecular formula is C13H21NO2. The van der Waals surface area contributed by atoms with Crippen LogP contribution in [0.4, 0.5) is 0 Å². The molecule has 0 aromatic rings. The molecule has 5 atom stereocenters. The van der Waals surface area contributed by atoms with Crippen molar-refractivity contribution in [1.82, 2.24) is 0 Å². The predicted octanol–water partition coefficient (Wildman–Crippen LogP) is 1.70. The number of fused-ring (bicyclic) bond motifs is 1. The van der Waals surface area contributed by atoms with Gasteiger partial charge in [-0.2, -0.15) is 0 Å². The minimum atomic E-state index is -0.388. The zero-order valence-electron chi connectivity index (χ0n) is 10.3. The summed E-state index contributed by atoms with van der Waals surface area (Å²) in [5, 5.41) is 0. The van der Waals surface area contributed by atoms with Gasteiger partial charge in [-0.1, -0.05) is 0 Å². The van der Waals surface area contributed by atoms with E-state index >= 15 is 0 Å². The smallest absolute Gasteiger partial charge is 0.314 e. The molecule has 0 aromatic heterocycles. The Morgan fingerprint density at radius 3 is 2.44 bits per heavy atom. The van der Waals surface area contributed by atoms with Gasteiger partial charge in [0.2, 0.25) is 0 Å². The molecule has 16 heavy (non-hydrogen) atoms. The van der Waals surface area contributed by atoms with Crippen molar-refractivity contribution in [3.63, 3.8) is 0 Å². The lowest BCUT2D eigenvalue weighted by molar-refractivity contribution is -0.164. The minimum Gasteiger partial charge on any atom is -0.459 e. The van der Waals surface area contributed by atoms with Crippen LogP contribution in [0.1, 0.15) is 40.0 Å². The van der Waals surface area contributed by atoms with E-state index < -0.39 is 0 Å². The molecule has 4 aliphatic carbocycles. The van der Waals surface area contributed by atoms with Gasteiger partial charge >= 0.3 is 5.97 Å². The third-order valence-electron chi connectivity index (χ3n) is 4.82. The van der Waals surface area contributed by atoms with Crippen molar-refractivity contribution in [2.24, 2.45) is 28.9 Å². The number of esters is 1. The van der Waals surface area contributed by atoms with Gasteiger partial charge in [-0.15, -0.1) is 0 Å². The Balaban J connectivity index is 1.83. The van der Waals surface area contributed by atoms with Crippen molar-refractivity contribution in [3.05, 3.63) is 0 Å². The second-order valence-corrected chi connectivity index (χ2v) is 6.75. The molecule has 0 radical (unpaired) electrons. The van der Waals surface area contributed by atoms with Gasteiger partial charge in [-0.05, 0) is 57.8 Å². The van der Waals surface area contributed by atoms with E-state index in [1.165, 1.54) is 12.8 Å². The quantitative estimate of drug-likeness (QED) is 0.688. The van der Waals surface area contributed by atoms with Crippen LogP contribution in [-0.4, -0.2) is 17.6 Å². The molecule has 0 saturated heterocycles. The van der Waals surface area contributed by atoms with Gasteiger partial charge in [0.05, 0.1) is 5.41 Å². The van der Waals surface area contributed by atoms with E-state index in [-0.39, 0.29) is 23.0 Å². The van der Waals surface area contributed by atoms with Gasteiger partial charge < -0.3 is 10.5 Å². The van der Waals surface area contributed by atoms with Crippen molar-refractivity contribution >= 4 is 5.97 Å². The van der Waals surface area contributed by atoms with E-state index in [1.807, 2.05) is 20.8 Å². The highest BCUT2D eigenvalue weighted by molar-refractivity contribution is 5.84. The number of nitrogens with two attached hydrogens (primary N) is 1. The standard InChI is InChI=1S/C13H21NO2/c1-12(2,3)16-11(15)13-8-5-4-7(10(13)14)6-9(8)13/h7-10H,4-6,14H2,1-3H3. The predicted molar refractivity (Wildman–Crippen MR) is 60.6 cm³/mol. The summed E-state index contributed by atoms with van der Waals surface area (Å²) >= 11 is 0. The van der Waals surface area contributed by atoms with Crippen LogP contribution in [0.3, 0.4) is 0 Å². The molecule has 4 saturated carbocycles. The summed E-state index contributed by atoms with van der Waals surface area (Å²) in [6.45, 7) is 5.78. The number of hydrogen-bond acceptors (Lipinski definition) is 3. The fourth-order valence-electron chi connectivity index (χ4n) is 4.22. The Labute approximate surface area is 96.7 Å². The highest BCUT2D eigenvalue weighted by atomic mass is 16.6. The average molecular weight is 223 g/mol. The van der Waals surface area contributed by atoms with Crippen LogP contribution in [0.2, 0.25) is 0 Å². The van der Waals surface area contributed by atoms with E-state index in [0.717, 1.165) is 6.42 Å². The van der Waals surface area contributed by atoms with E-state index in [2.05, 4.69) is 0 Å². The van der Waals surface area contributed by atoms with Gasteiger partial charge in [0.1, 0.15) is 5.60 Å². The number of hydrogen-bond donors (Lipinski definition) is 1. The van der Waals surface area contributed by atoms with Crippen LogP contribution in [0.5, 0.6) is 0 Å². The van der Waals surface area contributed by atoms with Crippen molar-refractivity contribution in [3.8, 4) is 0 Å². The zero-order chi connectivity index (χ0) is 11.7. The van der Waals surface area contributed by atoms with Gasteiger partial charge in [0, 0.05) is 6.04 Å². The lowest BCUT2D eigenvalue weighted by Crippen LogP contribution is -2.46. The highest BCUT2D eigenvalue weighted by Gasteiger charge is 2.79. The molecule has 3 heteroatoms. The van der Waals surface area contributed by atoms with E-state index in [4.69, 9.17) is 10.5 Å². The fourth-order valence-corrected chi connectivity index (χ4v) is 4.22. The molecule has 0 aliphatic heterocycles. The van der Waals surface area contributed by atoms with Crippen LogP contribution < -0.4 is 5.73 Å². The SMILES string of the molecule is CC(C)(C)OC(=O)C12C(N)C3CCC1C2C3. The van der Waals surface area contributed by atoms with Crippen LogP contribution >= 0.6 is 0 Å². The monoisotopic (exact) mass is 223 g/mol. The van der Waals surface area contributed by atoms with Crippen molar-refractivity contribution in [2.45, 2.75) is 51.7 Å². The Kier molecular flexibility index (Phi) is 1.86. The van der Waals surface area contributed by atoms with Gasteiger partial charge in [-0.25, -0.2) is 0 Å². The van der Waals surface area contributed by atoms with Gasteiger partial charge in [0.15, 0.2) is 0 Å². The van der Waals surface area contributed by atoms with Crippen molar-refractivity contribution < 1.29 is 9.53 Å². The molecule has 0 spiro atoms. The molecular weight excluding hydrogens is 202 g/mol. The molecule has 3 nitrogen and oxygen atoms in total. The summed E-state index contributed by atoms with van der Waals surface area (Å²) in [5.41, 5.74) is 5.59. The first-order valence-electron chi connectivity index (χ1n) is 6.36. The summed E-state index contributed by atoms with van der Waals surface area (Å²) in [5.74, 6) is 1.62. The van der Waals surface area contributed by atoms with Crippen LogP contribution in [0, 0.1) is 23.2 Å². The summed E-state index contributed by atoms with van der Waals surface area (Å²) < 4.78 is 5.57. The van der Waals surface area contributed by atoms with Crippen LogP contribution in [-0.2, 0) is 9.53 Å². The molecule has 5 unspecified atom stereocenters. The first-order chi connectivity index (χ1) is 7.37. The number of ether oxygens (including phenoxy) is 1. The molecule has 0 aromatic carbocycles. The zero-order valence-corrected chi connectivity index (χ0v) is 10.3. The summed E-state index contributed by atoms with van der Waals surface area (Å²) in [6, 6.07) is 0.0612. The third kappa shape index (κ3) is 1.10. The molecule has 2 N–H and O–H groups in total. The van der Waals surface area contributed by atoms with Gasteiger partial charge in [0.25, 0.3) is 0 Å². The average Bonchev–Trinajstić information content (AvgIpc) is 2.76. The third-order valence-corrected chi connectivity index (χ3v) is 4.82. The topological polar surface area (TPSA) is 52.3 Å². The fraction of sp³-hybridized carbons (Fsp3) is 0.923. The molecule has 4 fully saturated rings. The largest absolute Gasteiger partial charge is 0.459 e. The van der Waals surface area contributed by atoms with E-state index in [0.29, 0.717) is 17.8 Å². The maximum absolute atomic E-state index is 12.3. The van der Waals surface area contributed by atoms with E-state index in [9.17, 15) is 4.79 Å². The Morgan fingerprint density at radius 1 is 1.31 bits per heavy atom. The number of carbonyl (C=O) groups is 1. The normalized spacial score (nSPS) is 49.0. The maximum atomic E-state index is 12.3. The number of rotatable bonds is 1. The lowest BCUT2D eigenvalue weighted by Gasteiger charge is -2.33. The first-order valence-corrected chi connectivity index (χ1v) is 6.36. The number of carbonyl (C=O) groups excluding carboxylic acids is 1. The second-order valence-electron chi connectivity index (χ2n) is 6.75. The molecule has 4 rings (SSSR count). The lowest BCUT2D eigenvalue weighted by atomic mass is 9.77. The molecule has 0 heterocycles. The Bertz CT molecular complexity index is 340. The second kappa shape index (κ2) is 2.81. The first kappa shape index (κ1) is 10.6. The van der Waals surface area contributed by atoms with Crippen molar-refractivity contribution in [1.29, 1.82) is 0 Å².